The number of hydrogen-bond donors (Lipinski definition) is 1. The van der Waals surface area contributed by atoms with E-state index in [0.29, 0.717) is 0 Å². The van der Waals surface area contributed by atoms with E-state index in [0.717, 1.165) is 28.2 Å². The van der Waals surface area contributed by atoms with Gasteiger partial charge in [0, 0.05) is 23.2 Å². The number of nitrogens with one attached hydrogen (secondary N) is 1. The van der Waals surface area contributed by atoms with Crippen molar-refractivity contribution in [2.45, 2.75) is 6.92 Å². The van der Waals surface area contributed by atoms with Crippen molar-refractivity contribution in [1.29, 1.82) is 0 Å². The Labute approximate surface area is 87.9 Å². The topological polar surface area (TPSA) is 24.9 Å². The molecule has 1 aromatic heterocycles. The number of benzene rings is 1. The normalized spacial score (nSPS) is 10.4. The van der Waals surface area contributed by atoms with Crippen LogP contribution in [-0.2, 0) is 0 Å². The van der Waals surface area contributed by atoms with Crippen molar-refractivity contribution < 1.29 is 0 Å². The molecule has 0 unspecified atom stereocenters. The third kappa shape index (κ3) is 1.66. The molecule has 1 aromatic carbocycles. The summed E-state index contributed by atoms with van der Waals surface area (Å²) in [6.07, 6.45) is 1.80. The van der Waals surface area contributed by atoms with Crippen molar-refractivity contribution in [2.75, 3.05) is 11.9 Å². The van der Waals surface area contributed by atoms with Crippen molar-refractivity contribution in [3.8, 4) is 0 Å². The lowest BCUT2D eigenvalue weighted by atomic mass is 10.1. The second-order valence-corrected chi connectivity index (χ2v) is 3.49. The van der Waals surface area contributed by atoms with Gasteiger partial charge in [-0.3, -0.25) is 0 Å². The fourth-order valence-corrected chi connectivity index (χ4v) is 1.62. The molecular formula is C11H11ClN2. The zero-order valence-corrected chi connectivity index (χ0v) is 8.67. The van der Waals surface area contributed by atoms with E-state index in [9.17, 15) is 0 Å². The molecule has 0 bridgehead atoms. The van der Waals surface area contributed by atoms with Gasteiger partial charge in [0.05, 0.1) is 0 Å². The summed E-state index contributed by atoms with van der Waals surface area (Å²) in [5.41, 5.74) is 0. The van der Waals surface area contributed by atoms with E-state index >= 15 is 0 Å². The van der Waals surface area contributed by atoms with Gasteiger partial charge in [0.25, 0.3) is 0 Å². The van der Waals surface area contributed by atoms with Gasteiger partial charge in [-0.1, -0.05) is 17.7 Å². The lowest BCUT2D eigenvalue weighted by Gasteiger charge is -2.06. The number of pyridine rings is 1. The van der Waals surface area contributed by atoms with Crippen LogP contribution in [0.25, 0.3) is 10.8 Å². The Morgan fingerprint density at radius 2 is 2.21 bits per heavy atom. The minimum Gasteiger partial charge on any atom is -0.370 e. The zero-order chi connectivity index (χ0) is 9.97. The van der Waals surface area contributed by atoms with Crippen molar-refractivity contribution in [3.63, 3.8) is 0 Å². The first-order valence-corrected chi connectivity index (χ1v) is 4.97. The summed E-state index contributed by atoms with van der Waals surface area (Å²) in [5.74, 6) is 0.896. The smallest absolute Gasteiger partial charge is 0.133 e. The lowest BCUT2D eigenvalue weighted by Crippen LogP contribution is -1.99. The Kier molecular flexibility index (Phi) is 2.55. The molecule has 72 valence electrons. The van der Waals surface area contributed by atoms with Gasteiger partial charge in [-0.2, -0.15) is 0 Å². The van der Waals surface area contributed by atoms with E-state index in [2.05, 4.69) is 10.3 Å². The first-order valence-electron chi connectivity index (χ1n) is 4.59. The third-order valence-corrected chi connectivity index (χ3v) is 2.31. The average molecular weight is 207 g/mol. The van der Waals surface area contributed by atoms with Crippen molar-refractivity contribution >= 4 is 28.2 Å². The summed E-state index contributed by atoms with van der Waals surface area (Å²) in [5, 5.41) is 6.17. The summed E-state index contributed by atoms with van der Waals surface area (Å²) in [6.45, 7) is 2.91. The molecule has 0 saturated carbocycles. The Morgan fingerprint density at radius 3 is 3.00 bits per heavy atom. The van der Waals surface area contributed by atoms with E-state index < -0.39 is 0 Å². The van der Waals surface area contributed by atoms with E-state index in [1.807, 2.05) is 31.2 Å². The summed E-state index contributed by atoms with van der Waals surface area (Å²) < 4.78 is 0. The molecule has 0 fully saturated rings. The predicted octanol–water partition coefficient (Wildman–Crippen LogP) is 3.32. The Hall–Kier alpha value is -1.28. The van der Waals surface area contributed by atoms with Gasteiger partial charge in [-0.15, -0.1) is 0 Å². The van der Waals surface area contributed by atoms with Crippen LogP contribution in [-0.4, -0.2) is 11.5 Å². The maximum Gasteiger partial charge on any atom is 0.133 e. The first kappa shape index (κ1) is 9.28. The zero-order valence-electron chi connectivity index (χ0n) is 7.92. The molecule has 0 saturated heterocycles. The Balaban J connectivity index is 2.64. The quantitative estimate of drug-likeness (QED) is 0.816. The van der Waals surface area contributed by atoms with Crippen LogP contribution in [0.5, 0.6) is 0 Å². The molecule has 0 radical (unpaired) electrons. The number of anilines is 1. The fourth-order valence-electron chi connectivity index (χ4n) is 1.45. The molecule has 0 aliphatic rings. The second-order valence-electron chi connectivity index (χ2n) is 3.06. The van der Waals surface area contributed by atoms with Crippen LogP contribution in [0.15, 0.2) is 30.5 Å². The molecule has 0 atom stereocenters. The molecule has 3 heteroatoms. The van der Waals surface area contributed by atoms with Gasteiger partial charge >= 0.3 is 0 Å². The molecule has 0 aliphatic heterocycles. The van der Waals surface area contributed by atoms with Crippen molar-refractivity contribution in [2.24, 2.45) is 0 Å². The minimum atomic E-state index is 0.740. The van der Waals surface area contributed by atoms with E-state index in [4.69, 9.17) is 11.6 Å². The van der Waals surface area contributed by atoms with Gasteiger partial charge in [0.2, 0.25) is 0 Å². The highest BCUT2D eigenvalue weighted by Crippen LogP contribution is 2.24. The third-order valence-electron chi connectivity index (χ3n) is 2.07. The number of fused-ring (bicyclic) bond motifs is 1. The van der Waals surface area contributed by atoms with Crippen LogP contribution >= 0.6 is 11.6 Å². The van der Waals surface area contributed by atoms with Crippen LogP contribution in [0.1, 0.15) is 6.92 Å². The molecule has 1 N–H and O–H groups in total. The van der Waals surface area contributed by atoms with Crippen LogP contribution in [0, 0.1) is 0 Å². The van der Waals surface area contributed by atoms with Crippen molar-refractivity contribution in [3.05, 3.63) is 35.5 Å². The monoisotopic (exact) mass is 206 g/mol. The number of halogens is 1. The van der Waals surface area contributed by atoms with Crippen molar-refractivity contribution in [1.82, 2.24) is 4.98 Å². The molecular weight excluding hydrogens is 196 g/mol. The number of nitrogens with zero attached hydrogens (tertiary/aromatic N) is 1. The fraction of sp³-hybridized carbons (Fsp3) is 0.182. The van der Waals surface area contributed by atoms with Gasteiger partial charge in [0.1, 0.15) is 5.82 Å². The van der Waals surface area contributed by atoms with E-state index in [1.54, 1.807) is 6.20 Å². The lowest BCUT2D eigenvalue weighted by molar-refractivity contribution is 1.17. The number of hydrogen-bond acceptors (Lipinski definition) is 2. The van der Waals surface area contributed by atoms with Crippen LogP contribution in [0.3, 0.4) is 0 Å². The number of aromatic nitrogens is 1. The second kappa shape index (κ2) is 3.84. The maximum absolute atomic E-state index is 5.94. The SMILES string of the molecule is CCNc1nccc2ccc(Cl)cc12. The van der Waals surface area contributed by atoms with Gasteiger partial charge in [-0.25, -0.2) is 4.98 Å². The number of rotatable bonds is 2. The molecule has 14 heavy (non-hydrogen) atoms. The van der Waals surface area contributed by atoms with E-state index in [1.165, 1.54) is 0 Å². The molecule has 2 nitrogen and oxygen atoms in total. The highest BCUT2D eigenvalue weighted by molar-refractivity contribution is 6.31. The van der Waals surface area contributed by atoms with Crippen LogP contribution in [0.2, 0.25) is 5.02 Å². The van der Waals surface area contributed by atoms with Gasteiger partial charge in [-0.05, 0) is 30.5 Å². The van der Waals surface area contributed by atoms with Crippen LogP contribution < -0.4 is 5.32 Å². The molecule has 0 spiro atoms. The van der Waals surface area contributed by atoms with Crippen LogP contribution in [0.4, 0.5) is 5.82 Å². The van der Waals surface area contributed by atoms with E-state index in [-0.39, 0.29) is 0 Å². The van der Waals surface area contributed by atoms with Gasteiger partial charge < -0.3 is 5.32 Å². The predicted molar refractivity (Wildman–Crippen MR) is 60.9 cm³/mol. The molecule has 1 heterocycles. The minimum absolute atomic E-state index is 0.740. The standard InChI is InChI=1S/C11H11ClN2/c1-2-13-11-10-7-9(12)4-3-8(10)5-6-14-11/h3-7H,2H2,1H3,(H,13,14). The van der Waals surface area contributed by atoms with Gasteiger partial charge in [0.15, 0.2) is 0 Å². The molecule has 2 aromatic rings. The Morgan fingerprint density at radius 1 is 1.36 bits per heavy atom. The highest BCUT2D eigenvalue weighted by Gasteiger charge is 2.01. The molecule has 0 aliphatic carbocycles. The Bertz CT molecular complexity index is 454. The highest BCUT2D eigenvalue weighted by atomic mass is 35.5. The maximum atomic E-state index is 5.94. The average Bonchev–Trinajstić information content (AvgIpc) is 2.19. The first-order chi connectivity index (χ1) is 6.81. The molecule has 2 rings (SSSR count). The largest absolute Gasteiger partial charge is 0.370 e. The summed E-state index contributed by atoms with van der Waals surface area (Å²) in [4.78, 5) is 4.27. The summed E-state index contributed by atoms with van der Waals surface area (Å²) >= 11 is 5.94. The molecule has 0 amide bonds. The summed E-state index contributed by atoms with van der Waals surface area (Å²) in [7, 11) is 0. The summed E-state index contributed by atoms with van der Waals surface area (Å²) in [6, 6.07) is 7.80.